The van der Waals surface area contributed by atoms with E-state index in [9.17, 15) is 4.79 Å². The molecule has 0 fully saturated rings. The van der Waals surface area contributed by atoms with Crippen LogP contribution in [0, 0.1) is 6.92 Å². The Morgan fingerprint density at radius 2 is 1.85 bits per heavy atom. The molecule has 0 saturated heterocycles. The Hall–Kier alpha value is -1.61. The van der Waals surface area contributed by atoms with Gasteiger partial charge in [0.2, 0.25) is 0 Å². The Bertz CT molecular complexity index is 592. The molecule has 0 spiro atoms. The number of halogens is 1. The lowest BCUT2D eigenvalue weighted by atomic mass is 10.1. The van der Waals surface area contributed by atoms with E-state index in [1.165, 1.54) is 5.56 Å². The zero-order chi connectivity index (χ0) is 14.5. The number of rotatable bonds is 5. The summed E-state index contributed by atoms with van der Waals surface area (Å²) < 4.78 is 0.940. The Morgan fingerprint density at radius 1 is 1.15 bits per heavy atom. The number of benzene rings is 2. The van der Waals surface area contributed by atoms with Crippen LogP contribution in [0.2, 0.25) is 0 Å². The molecule has 0 aliphatic rings. The van der Waals surface area contributed by atoms with Gasteiger partial charge in [-0.15, -0.1) is 0 Å². The van der Waals surface area contributed by atoms with E-state index in [0.29, 0.717) is 13.0 Å². The van der Waals surface area contributed by atoms with E-state index in [1.54, 1.807) is 0 Å². The molecular formula is C17H18BrNO. The van der Waals surface area contributed by atoms with Gasteiger partial charge in [-0.3, -0.25) is 4.79 Å². The van der Waals surface area contributed by atoms with E-state index in [-0.39, 0.29) is 5.78 Å². The number of hydrogen-bond donors (Lipinski definition) is 0. The number of Topliss-reactive ketones (excluding diaryl/α,β-unsaturated/α-hetero) is 1. The molecule has 0 N–H and O–H groups in total. The summed E-state index contributed by atoms with van der Waals surface area (Å²) in [6, 6.07) is 15.9. The van der Waals surface area contributed by atoms with E-state index >= 15 is 0 Å². The van der Waals surface area contributed by atoms with Crippen molar-refractivity contribution in [3.05, 3.63) is 64.1 Å². The molecule has 2 aromatic carbocycles. The van der Waals surface area contributed by atoms with Crippen molar-refractivity contribution in [1.29, 1.82) is 0 Å². The molecule has 3 heteroatoms. The van der Waals surface area contributed by atoms with Crippen molar-refractivity contribution in [2.24, 2.45) is 0 Å². The van der Waals surface area contributed by atoms with Crippen molar-refractivity contribution in [2.45, 2.75) is 13.3 Å². The van der Waals surface area contributed by atoms with Gasteiger partial charge in [0.15, 0.2) is 5.78 Å². The SMILES string of the molecule is Cc1ccc(N(C)CCC(=O)c2cccc(Br)c2)cc1. The zero-order valence-corrected chi connectivity index (χ0v) is 13.4. The number of aryl methyl sites for hydroxylation is 1. The first kappa shape index (κ1) is 14.8. The number of ketones is 1. The van der Waals surface area contributed by atoms with Crippen molar-refractivity contribution in [1.82, 2.24) is 0 Å². The molecular weight excluding hydrogens is 314 g/mol. The van der Waals surface area contributed by atoms with Gasteiger partial charge < -0.3 is 4.90 Å². The van der Waals surface area contributed by atoms with Crippen LogP contribution in [0.4, 0.5) is 5.69 Å². The second-order valence-electron chi connectivity index (χ2n) is 4.94. The first-order valence-corrected chi connectivity index (χ1v) is 7.42. The second-order valence-corrected chi connectivity index (χ2v) is 5.86. The van der Waals surface area contributed by atoms with Crippen LogP contribution in [0.1, 0.15) is 22.3 Å². The third-order valence-electron chi connectivity index (χ3n) is 3.30. The van der Waals surface area contributed by atoms with Crippen LogP contribution in [0.25, 0.3) is 0 Å². The molecule has 2 aromatic rings. The molecule has 0 heterocycles. The van der Waals surface area contributed by atoms with Crippen molar-refractivity contribution in [3.63, 3.8) is 0 Å². The lowest BCUT2D eigenvalue weighted by Gasteiger charge is -2.19. The number of hydrogen-bond acceptors (Lipinski definition) is 2. The van der Waals surface area contributed by atoms with Gasteiger partial charge in [0.25, 0.3) is 0 Å². The maximum Gasteiger partial charge on any atom is 0.164 e. The topological polar surface area (TPSA) is 20.3 Å². The normalized spacial score (nSPS) is 10.3. The van der Waals surface area contributed by atoms with Crippen LogP contribution >= 0.6 is 15.9 Å². The Kier molecular flexibility index (Phi) is 4.96. The number of carbonyl (C=O) groups is 1. The molecule has 104 valence electrons. The van der Waals surface area contributed by atoms with Gasteiger partial charge in [0.05, 0.1) is 0 Å². The minimum Gasteiger partial charge on any atom is -0.374 e. The minimum absolute atomic E-state index is 0.172. The fourth-order valence-corrected chi connectivity index (χ4v) is 2.40. The van der Waals surface area contributed by atoms with Crippen LogP contribution < -0.4 is 4.90 Å². The number of nitrogens with zero attached hydrogens (tertiary/aromatic N) is 1. The van der Waals surface area contributed by atoms with Crippen molar-refractivity contribution >= 4 is 27.4 Å². The van der Waals surface area contributed by atoms with E-state index in [1.807, 2.05) is 31.3 Å². The molecule has 0 aliphatic carbocycles. The molecule has 0 amide bonds. The molecule has 20 heavy (non-hydrogen) atoms. The number of carbonyl (C=O) groups excluding carboxylic acids is 1. The van der Waals surface area contributed by atoms with E-state index in [0.717, 1.165) is 15.7 Å². The third kappa shape index (κ3) is 3.94. The van der Waals surface area contributed by atoms with E-state index in [4.69, 9.17) is 0 Å². The molecule has 0 saturated carbocycles. The first-order chi connectivity index (χ1) is 9.56. The van der Waals surface area contributed by atoms with Gasteiger partial charge >= 0.3 is 0 Å². The standard InChI is InChI=1S/C17H18BrNO/c1-13-6-8-16(9-7-13)19(2)11-10-17(20)14-4-3-5-15(18)12-14/h3-9,12H,10-11H2,1-2H3. The molecule has 0 aliphatic heterocycles. The molecule has 0 bridgehead atoms. The maximum atomic E-state index is 12.1. The summed E-state index contributed by atoms with van der Waals surface area (Å²) in [7, 11) is 2.01. The van der Waals surface area contributed by atoms with Crippen LogP contribution in [-0.4, -0.2) is 19.4 Å². The summed E-state index contributed by atoms with van der Waals surface area (Å²) in [4.78, 5) is 14.2. The molecule has 0 unspecified atom stereocenters. The maximum absolute atomic E-state index is 12.1. The van der Waals surface area contributed by atoms with Crippen molar-refractivity contribution in [2.75, 3.05) is 18.5 Å². The second kappa shape index (κ2) is 6.71. The van der Waals surface area contributed by atoms with Gasteiger partial charge in [-0.1, -0.05) is 45.8 Å². The fourth-order valence-electron chi connectivity index (χ4n) is 2.00. The van der Waals surface area contributed by atoms with Gasteiger partial charge in [-0.05, 0) is 31.2 Å². The van der Waals surface area contributed by atoms with E-state index < -0.39 is 0 Å². The predicted molar refractivity (Wildman–Crippen MR) is 87.5 cm³/mol. The van der Waals surface area contributed by atoms with E-state index in [2.05, 4.69) is 52.0 Å². The van der Waals surface area contributed by atoms with Gasteiger partial charge in [0, 0.05) is 35.7 Å². The quantitative estimate of drug-likeness (QED) is 0.753. The highest BCUT2D eigenvalue weighted by atomic mass is 79.9. The van der Waals surface area contributed by atoms with Gasteiger partial charge in [-0.2, -0.15) is 0 Å². The Labute approximate surface area is 128 Å². The number of anilines is 1. The summed E-state index contributed by atoms with van der Waals surface area (Å²) in [5.74, 6) is 0.172. The van der Waals surface area contributed by atoms with Crippen LogP contribution in [0.3, 0.4) is 0 Å². The molecule has 0 aromatic heterocycles. The Balaban J connectivity index is 1.94. The van der Waals surface area contributed by atoms with Crippen LogP contribution in [-0.2, 0) is 0 Å². The summed E-state index contributed by atoms with van der Waals surface area (Å²) in [5, 5.41) is 0. The monoisotopic (exact) mass is 331 g/mol. The third-order valence-corrected chi connectivity index (χ3v) is 3.79. The van der Waals surface area contributed by atoms with Crippen LogP contribution in [0.5, 0.6) is 0 Å². The Morgan fingerprint density at radius 3 is 2.50 bits per heavy atom. The highest BCUT2D eigenvalue weighted by Crippen LogP contribution is 2.16. The van der Waals surface area contributed by atoms with Crippen molar-refractivity contribution in [3.8, 4) is 0 Å². The lowest BCUT2D eigenvalue weighted by molar-refractivity contribution is 0.0985. The average molecular weight is 332 g/mol. The van der Waals surface area contributed by atoms with Crippen molar-refractivity contribution < 1.29 is 4.79 Å². The highest BCUT2D eigenvalue weighted by Gasteiger charge is 2.08. The smallest absolute Gasteiger partial charge is 0.164 e. The molecule has 2 nitrogen and oxygen atoms in total. The van der Waals surface area contributed by atoms with Gasteiger partial charge in [0.1, 0.15) is 0 Å². The zero-order valence-electron chi connectivity index (χ0n) is 11.8. The molecule has 0 atom stereocenters. The summed E-state index contributed by atoms with van der Waals surface area (Å²) in [6.07, 6.45) is 0.515. The van der Waals surface area contributed by atoms with Crippen LogP contribution in [0.15, 0.2) is 53.0 Å². The molecule has 2 rings (SSSR count). The fraction of sp³-hybridized carbons (Fsp3) is 0.235. The first-order valence-electron chi connectivity index (χ1n) is 6.63. The summed E-state index contributed by atoms with van der Waals surface area (Å²) >= 11 is 3.39. The predicted octanol–water partition coefficient (Wildman–Crippen LogP) is 4.47. The average Bonchev–Trinajstić information content (AvgIpc) is 2.45. The largest absolute Gasteiger partial charge is 0.374 e. The summed E-state index contributed by atoms with van der Waals surface area (Å²) in [5.41, 5.74) is 3.14. The molecule has 0 radical (unpaired) electrons. The highest BCUT2D eigenvalue weighted by molar-refractivity contribution is 9.10. The summed E-state index contributed by atoms with van der Waals surface area (Å²) in [6.45, 7) is 2.79. The minimum atomic E-state index is 0.172. The lowest BCUT2D eigenvalue weighted by Crippen LogP contribution is -2.21. The van der Waals surface area contributed by atoms with Gasteiger partial charge in [-0.25, -0.2) is 0 Å².